The number of hydrogen-bond acceptors (Lipinski definition) is 5. The summed E-state index contributed by atoms with van der Waals surface area (Å²) >= 11 is 7.38. The Morgan fingerprint density at radius 2 is 2.04 bits per heavy atom. The van der Waals surface area contributed by atoms with Crippen molar-refractivity contribution in [3.63, 3.8) is 0 Å². The first kappa shape index (κ1) is 19.2. The Hall–Kier alpha value is -2.55. The predicted octanol–water partition coefficient (Wildman–Crippen LogP) is 2.65. The standard InChI is InChI=1S/C18H17ClN4O3S/c1-21(2)9-10-22(17(24)13-5-3-4-6-15(13)23(25)26)18-20-14-8-7-12(19)11-16(14)27-18/h3-8,11H,9-10H2,1-2H3/p+1. The fourth-order valence-corrected chi connectivity index (χ4v) is 3.85. The van der Waals surface area contributed by atoms with Gasteiger partial charge in [0.2, 0.25) is 0 Å². The van der Waals surface area contributed by atoms with Gasteiger partial charge in [0.1, 0.15) is 5.56 Å². The number of aromatic nitrogens is 1. The van der Waals surface area contributed by atoms with Crippen molar-refractivity contribution in [2.24, 2.45) is 0 Å². The van der Waals surface area contributed by atoms with Crippen LogP contribution in [0, 0.1) is 10.1 Å². The maximum Gasteiger partial charge on any atom is 0.282 e. The minimum Gasteiger partial charge on any atom is -0.338 e. The molecule has 0 saturated heterocycles. The van der Waals surface area contributed by atoms with Gasteiger partial charge < -0.3 is 4.90 Å². The highest BCUT2D eigenvalue weighted by atomic mass is 35.5. The van der Waals surface area contributed by atoms with Gasteiger partial charge in [-0.15, -0.1) is 0 Å². The summed E-state index contributed by atoms with van der Waals surface area (Å²) in [6.07, 6.45) is 0. The molecule has 3 aromatic rings. The lowest BCUT2D eigenvalue weighted by Crippen LogP contribution is -3.06. The van der Waals surface area contributed by atoms with Crippen molar-refractivity contribution in [3.8, 4) is 0 Å². The van der Waals surface area contributed by atoms with Gasteiger partial charge in [0.25, 0.3) is 11.6 Å². The average Bonchev–Trinajstić information content (AvgIpc) is 3.04. The van der Waals surface area contributed by atoms with Crippen LogP contribution in [-0.4, -0.2) is 43.0 Å². The minimum atomic E-state index is -0.541. The van der Waals surface area contributed by atoms with E-state index in [1.54, 1.807) is 30.3 Å². The van der Waals surface area contributed by atoms with Crippen LogP contribution >= 0.6 is 22.9 Å². The molecule has 0 aliphatic heterocycles. The number of likely N-dealkylation sites (N-methyl/N-ethyl adjacent to an activating group) is 1. The fourth-order valence-electron chi connectivity index (χ4n) is 2.58. The zero-order valence-corrected chi connectivity index (χ0v) is 16.4. The summed E-state index contributed by atoms with van der Waals surface area (Å²) in [5, 5.41) is 12.4. The van der Waals surface area contributed by atoms with E-state index in [0.717, 1.165) is 15.1 Å². The van der Waals surface area contributed by atoms with Gasteiger partial charge >= 0.3 is 0 Å². The number of fused-ring (bicyclic) bond motifs is 1. The highest BCUT2D eigenvalue weighted by molar-refractivity contribution is 7.22. The molecular weight excluding hydrogens is 388 g/mol. The first-order valence-corrected chi connectivity index (χ1v) is 9.46. The lowest BCUT2D eigenvalue weighted by Gasteiger charge is -2.20. The number of carbonyl (C=O) groups is 1. The van der Waals surface area contributed by atoms with Gasteiger partial charge in [0.15, 0.2) is 5.13 Å². The number of anilines is 1. The summed E-state index contributed by atoms with van der Waals surface area (Å²) in [7, 11) is 3.96. The molecule has 140 valence electrons. The molecule has 0 unspecified atom stereocenters. The summed E-state index contributed by atoms with van der Waals surface area (Å²) in [6.45, 7) is 1.06. The van der Waals surface area contributed by atoms with E-state index in [0.29, 0.717) is 23.2 Å². The normalized spacial score (nSPS) is 11.1. The van der Waals surface area contributed by atoms with E-state index >= 15 is 0 Å². The van der Waals surface area contributed by atoms with Crippen LogP contribution < -0.4 is 9.80 Å². The second kappa shape index (κ2) is 7.99. The van der Waals surface area contributed by atoms with E-state index in [-0.39, 0.29) is 11.3 Å². The molecule has 0 atom stereocenters. The molecule has 9 heteroatoms. The number of para-hydroxylation sites is 1. The topological polar surface area (TPSA) is 80.8 Å². The first-order valence-electron chi connectivity index (χ1n) is 8.27. The van der Waals surface area contributed by atoms with Gasteiger partial charge in [-0.05, 0) is 24.3 Å². The Balaban J connectivity index is 2.04. The number of quaternary nitrogens is 1. The van der Waals surface area contributed by atoms with Gasteiger partial charge in [-0.3, -0.25) is 19.8 Å². The number of halogens is 1. The van der Waals surface area contributed by atoms with Crippen LogP contribution in [0.1, 0.15) is 10.4 Å². The summed E-state index contributed by atoms with van der Waals surface area (Å²) in [5.74, 6) is -0.436. The van der Waals surface area contributed by atoms with Crippen molar-refractivity contribution in [2.45, 2.75) is 0 Å². The van der Waals surface area contributed by atoms with Gasteiger partial charge in [-0.2, -0.15) is 0 Å². The van der Waals surface area contributed by atoms with Gasteiger partial charge in [-0.1, -0.05) is 35.1 Å². The van der Waals surface area contributed by atoms with Crippen molar-refractivity contribution >= 4 is 49.9 Å². The van der Waals surface area contributed by atoms with Gasteiger partial charge in [0, 0.05) is 11.1 Å². The van der Waals surface area contributed by atoms with Crippen LogP contribution in [0.3, 0.4) is 0 Å². The molecule has 1 aromatic heterocycles. The molecule has 7 nitrogen and oxygen atoms in total. The number of amides is 1. The molecular formula is C18H18ClN4O3S+. The highest BCUT2D eigenvalue weighted by Gasteiger charge is 2.27. The van der Waals surface area contributed by atoms with E-state index < -0.39 is 10.8 Å². The molecule has 0 aliphatic rings. The zero-order valence-electron chi connectivity index (χ0n) is 14.8. The molecule has 0 saturated carbocycles. The molecule has 0 spiro atoms. The molecule has 0 fully saturated rings. The third-order valence-electron chi connectivity index (χ3n) is 3.98. The number of nitrogens with zero attached hydrogens (tertiary/aromatic N) is 3. The zero-order chi connectivity index (χ0) is 19.6. The van der Waals surface area contributed by atoms with Crippen molar-refractivity contribution in [1.29, 1.82) is 0 Å². The third kappa shape index (κ3) is 4.24. The molecule has 1 N–H and O–H groups in total. The second-order valence-electron chi connectivity index (χ2n) is 6.30. The maximum absolute atomic E-state index is 13.2. The summed E-state index contributed by atoms with van der Waals surface area (Å²) in [5.41, 5.74) is 0.569. The molecule has 1 amide bonds. The number of hydrogen-bond donors (Lipinski definition) is 1. The van der Waals surface area contributed by atoms with E-state index in [4.69, 9.17) is 11.6 Å². The smallest absolute Gasteiger partial charge is 0.282 e. The van der Waals surface area contributed by atoms with E-state index in [1.165, 1.54) is 28.4 Å². The van der Waals surface area contributed by atoms with Crippen LogP contribution in [0.25, 0.3) is 10.2 Å². The maximum atomic E-state index is 13.2. The van der Waals surface area contributed by atoms with Crippen LogP contribution in [0.2, 0.25) is 5.02 Å². The van der Waals surface area contributed by atoms with E-state index in [1.807, 2.05) is 14.1 Å². The Bertz CT molecular complexity index is 1010. The lowest BCUT2D eigenvalue weighted by molar-refractivity contribution is -0.856. The van der Waals surface area contributed by atoms with Gasteiger partial charge in [0.05, 0.1) is 42.3 Å². The van der Waals surface area contributed by atoms with Crippen LogP contribution in [-0.2, 0) is 0 Å². The summed E-state index contributed by atoms with van der Waals surface area (Å²) in [6, 6.07) is 11.3. The minimum absolute atomic E-state index is 0.0496. The second-order valence-corrected chi connectivity index (χ2v) is 7.74. The summed E-state index contributed by atoms with van der Waals surface area (Å²) < 4.78 is 0.857. The molecule has 1 heterocycles. The van der Waals surface area contributed by atoms with Crippen molar-refractivity contribution in [3.05, 3.63) is 63.2 Å². The SMILES string of the molecule is C[NH+](C)CCN(C(=O)c1ccccc1[N+](=O)[O-])c1nc2ccc(Cl)cc2s1. The Labute approximate surface area is 164 Å². The molecule has 3 rings (SSSR count). The summed E-state index contributed by atoms with van der Waals surface area (Å²) in [4.78, 5) is 31.2. The molecule has 0 bridgehead atoms. The molecule has 27 heavy (non-hydrogen) atoms. The Kier molecular flexibility index (Phi) is 5.69. The lowest BCUT2D eigenvalue weighted by atomic mass is 10.1. The Morgan fingerprint density at radius 1 is 1.30 bits per heavy atom. The van der Waals surface area contributed by atoms with Crippen LogP contribution in [0.5, 0.6) is 0 Å². The number of nitro benzene ring substituents is 1. The molecule has 0 aliphatic carbocycles. The monoisotopic (exact) mass is 405 g/mol. The molecule has 2 aromatic carbocycles. The number of nitrogens with one attached hydrogen (secondary N) is 1. The molecule has 0 radical (unpaired) electrons. The predicted molar refractivity (Wildman–Crippen MR) is 107 cm³/mol. The average molecular weight is 406 g/mol. The van der Waals surface area contributed by atoms with Crippen molar-refractivity contribution in [2.75, 3.05) is 32.1 Å². The number of nitro groups is 1. The largest absolute Gasteiger partial charge is 0.338 e. The Morgan fingerprint density at radius 3 is 2.74 bits per heavy atom. The van der Waals surface area contributed by atoms with Gasteiger partial charge in [-0.25, -0.2) is 4.98 Å². The first-order chi connectivity index (χ1) is 12.9. The van der Waals surface area contributed by atoms with Crippen LogP contribution in [0.4, 0.5) is 10.8 Å². The number of rotatable bonds is 6. The van der Waals surface area contributed by atoms with E-state index in [9.17, 15) is 14.9 Å². The van der Waals surface area contributed by atoms with Crippen LogP contribution in [0.15, 0.2) is 42.5 Å². The van der Waals surface area contributed by atoms with Crippen molar-refractivity contribution < 1.29 is 14.6 Å². The number of carbonyl (C=O) groups excluding carboxylic acids is 1. The number of thiazole rings is 1. The quantitative estimate of drug-likeness (QED) is 0.505. The van der Waals surface area contributed by atoms with Crippen molar-refractivity contribution in [1.82, 2.24) is 4.98 Å². The number of benzene rings is 2. The highest BCUT2D eigenvalue weighted by Crippen LogP contribution is 2.32. The third-order valence-corrected chi connectivity index (χ3v) is 5.26. The fraction of sp³-hybridized carbons (Fsp3) is 0.222. The van der Waals surface area contributed by atoms with E-state index in [2.05, 4.69) is 4.98 Å².